The Hall–Kier alpha value is -2.43. The molecule has 5 heteroatoms. The molecule has 2 aromatic carbocycles. The fourth-order valence-corrected chi connectivity index (χ4v) is 3.10. The molecule has 4 rings (SSSR count). The SMILES string of the molecule is Clc1ccccc1C=Cc1nc2ccccc2nc1N1CCOCC1. The van der Waals surface area contributed by atoms with Crippen molar-refractivity contribution in [1.82, 2.24) is 9.97 Å². The largest absolute Gasteiger partial charge is 0.378 e. The van der Waals surface area contributed by atoms with E-state index in [1.165, 1.54) is 0 Å². The van der Waals surface area contributed by atoms with E-state index in [9.17, 15) is 0 Å². The van der Waals surface area contributed by atoms with Gasteiger partial charge in [-0.1, -0.05) is 48.0 Å². The average Bonchev–Trinajstić information content (AvgIpc) is 2.67. The fraction of sp³-hybridized carbons (Fsp3) is 0.200. The number of fused-ring (bicyclic) bond motifs is 1. The van der Waals surface area contributed by atoms with E-state index >= 15 is 0 Å². The molecule has 25 heavy (non-hydrogen) atoms. The van der Waals surface area contributed by atoms with Crippen LogP contribution in [0.25, 0.3) is 23.2 Å². The number of morpholine rings is 1. The summed E-state index contributed by atoms with van der Waals surface area (Å²) in [4.78, 5) is 11.9. The Morgan fingerprint density at radius 1 is 0.880 bits per heavy atom. The first-order valence-corrected chi connectivity index (χ1v) is 8.71. The second kappa shape index (κ2) is 7.21. The number of para-hydroxylation sites is 2. The van der Waals surface area contributed by atoms with Crippen molar-refractivity contribution in [2.24, 2.45) is 0 Å². The molecule has 0 atom stereocenters. The second-order valence-corrected chi connectivity index (χ2v) is 6.28. The molecular formula is C20H18ClN3O. The number of hydrogen-bond acceptors (Lipinski definition) is 4. The van der Waals surface area contributed by atoms with Crippen molar-refractivity contribution < 1.29 is 4.74 Å². The standard InChI is InChI=1S/C20H18ClN3O/c21-16-6-2-1-5-15(16)9-10-19-20(24-11-13-25-14-12-24)23-18-8-4-3-7-17(18)22-19/h1-10H,11-14H2. The van der Waals surface area contributed by atoms with Crippen molar-refractivity contribution in [1.29, 1.82) is 0 Å². The number of nitrogens with zero attached hydrogens (tertiary/aromatic N) is 3. The van der Waals surface area contributed by atoms with Gasteiger partial charge in [-0.05, 0) is 29.8 Å². The Morgan fingerprint density at radius 3 is 2.32 bits per heavy atom. The van der Waals surface area contributed by atoms with Crippen LogP contribution in [0.4, 0.5) is 5.82 Å². The minimum atomic E-state index is 0.710. The first kappa shape index (κ1) is 16.1. The highest BCUT2D eigenvalue weighted by Gasteiger charge is 2.17. The molecule has 0 N–H and O–H groups in total. The van der Waals surface area contributed by atoms with Crippen LogP contribution in [0.5, 0.6) is 0 Å². The van der Waals surface area contributed by atoms with Gasteiger partial charge in [0.2, 0.25) is 0 Å². The van der Waals surface area contributed by atoms with Crippen LogP contribution in [0.3, 0.4) is 0 Å². The molecule has 0 radical (unpaired) electrons. The minimum Gasteiger partial charge on any atom is -0.378 e. The van der Waals surface area contributed by atoms with Crippen LogP contribution in [-0.2, 0) is 4.74 Å². The molecule has 1 aliphatic heterocycles. The van der Waals surface area contributed by atoms with Crippen molar-refractivity contribution in [2.45, 2.75) is 0 Å². The zero-order valence-corrected chi connectivity index (χ0v) is 14.5. The first-order valence-electron chi connectivity index (χ1n) is 8.33. The van der Waals surface area contributed by atoms with Crippen LogP contribution in [0, 0.1) is 0 Å². The van der Waals surface area contributed by atoms with Crippen LogP contribution < -0.4 is 4.90 Å². The van der Waals surface area contributed by atoms with E-state index in [2.05, 4.69) is 4.90 Å². The molecule has 1 saturated heterocycles. The van der Waals surface area contributed by atoms with Gasteiger partial charge in [-0.25, -0.2) is 9.97 Å². The molecule has 0 amide bonds. The number of halogens is 1. The maximum Gasteiger partial charge on any atom is 0.155 e. The van der Waals surface area contributed by atoms with E-state index in [-0.39, 0.29) is 0 Å². The molecule has 1 aromatic heterocycles. The number of aromatic nitrogens is 2. The molecule has 0 bridgehead atoms. The van der Waals surface area contributed by atoms with E-state index in [0.717, 1.165) is 46.2 Å². The third-order valence-electron chi connectivity index (χ3n) is 4.21. The van der Waals surface area contributed by atoms with Crippen LogP contribution in [0.1, 0.15) is 11.3 Å². The minimum absolute atomic E-state index is 0.710. The van der Waals surface area contributed by atoms with Crippen molar-refractivity contribution in [3.8, 4) is 0 Å². The molecule has 3 aromatic rings. The van der Waals surface area contributed by atoms with Gasteiger partial charge in [-0.15, -0.1) is 0 Å². The van der Waals surface area contributed by atoms with Gasteiger partial charge >= 0.3 is 0 Å². The maximum absolute atomic E-state index is 6.26. The van der Waals surface area contributed by atoms with Crippen LogP contribution in [-0.4, -0.2) is 36.3 Å². The Bertz CT molecular complexity index is 920. The van der Waals surface area contributed by atoms with Crippen LogP contribution in [0.2, 0.25) is 5.02 Å². The van der Waals surface area contributed by atoms with Gasteiger partial charge in [0.25, 0.3) is 0 Å². The lowest BCUT2D eigenvalue weighted by molar-refractivity contribution is 0.122. The van der Waals surface area contributed by atoms with Crippen molar-refractivity contribution in [3.63, 3.8) is 0 Å². The third kappa shape index (κ3) is 3.50. The summed E-state index contributed by atoms with van der Waals surface area (Å²) in [5, 5.41) is 0.723. The van der Waals surface area contributed by atoms with E-state index < -0.39 is 0 Å². The highest BCUT2D eigenvalue weighted by Crippen LogP contribution is 2.24. The van der Waals surface area contributed by atoms with Gasteiger partial charge in [-0.3, -0.25) is 0 Å². The van der Waals surface area contributed by atoms with Crippen LogP contribution >= 0.6 is 11.6 Å². The summed E-state index contributed by atoms with van der Waals surface area (Å²) in [7, 11) is 0. The van der Waals surface area contributed by atoms with Crippen molar-refractivity contribution in [3.05, 3.63) is 64.8 Å². The van der Waals surface area contributed by atoms with Gasteiger partial charge in [0, 0.05) is 18.1 Å². The number of rotatable bonds is 3. The number of hydrogen-bond donors (Lipinski definition) is 0. The third-order valence-corrected chi connectivity index (χ3v) is 4.56. The average molecular weight is 352 g/mol. The monoisotopic (exact) mass is 351 g/mol. The molecule has 4 nitrogen and oxygen atoms in total. The Labute approximate surface area is 151 Å². The quantitative estimate of drug-likeness (QED) is 0.705. The van der Waals surface area contributed by atoms with E-state index in [1.807, 2.05) is 60.7 Å². The molecule has 0 unspecified atom stereocenters. The zero-order chi connectivity index (χ0) is 17.1. The van der Waals surface area contributed by atoms with Gasteiger partial charge in [0.1, 0.15) is 5.69 Å². The molecule has 1 fully saturated rings. The predicted molar refractivity (Wildman–Crippen MR) is 103 cm³/mol. The molecule has 0 spiro atoms. The molecular weight excluding hydrogens is 334 g/mol. The zero-order valence-electron chi connectivity index (χ0n) is 13.7. The number of benzene rings is 2. The topological polar surface area (TPSA) is 38.2 Å². The lowest BCUT2D eigenvalue weighted by Crippen LogP contribution is -2.37. The summed E-state index contributed by atoms with van der Waals surface area (Å²) >= 11 is 6.26. The summed E-state index contributed by atoms with van der Waals surface area (Å²) < 4.78 is 5.47. The summed E-state index contributed by atoms with van der Waals surface area (Å²) in [6, 6.07) is 15.7. The van der Waals surface area contributed by atoms with E-state index in [1.54, 1.807) is 0 Å². The molecule has 1 aliphatic rings. The Morgan fingerprint density at radius 2 is 1.56 bits per heavy atom. The predicted octanol–water partition coefficient (Wildman–Crippen LogP) is 4.29. The Balaban J connectivity index is 1.78. The summed E-state index contributed by atoms with van der Waals surface area (Å²) in [6.07, 6.45) is 3.98. The summed E-state index contributed by atoms with van der Waals surface area (Å²) in [5.74, 6) is 0.894. The highest BCUT2D eigenvalue weighted by atomic mass is 35.5. The molecule has 0 aliphatic carbocycles. The van der Waals surface area contributed by atoms with Crippen LogP contribution in [0.15, 0.2) is 48.5 Å². The van der Waals surface area contributed by atoms with Gasteiger partial charge in [-0.2, -0.15) is 0 Å². The van der Waals surface area contributed by atoms with E-state index in [0.29, 0.717) is 13.2 Å². The Kier molecular flexibility index (Phi) is 4.63. The normalized spacial score (nSPS) is 15.2. The number of ether oxygens (including phenoxy) is 1. The van der Waals surface area contributed by atoms with Gasteiger partial charge in [0.15, 0.2) is 5.82 Å². The van der Waals surface area contributed by atoms with Gasteiger partial charge in [0.05, 0.1) is 24.2 Å². The molecule has 126 valence electrons. The smallest absolute Gasteiger partial charge is 0.155 e. The lowest BCUT2D eigenvalue weighted by Gasteiger charge is -2.28. The molecule has 2 heterocycles. The summed E-state index contributed by atoms with van der Waals surface area (Å²) in [6.45, 7) is 3.06. The van der Waals surface area contributed by atoms with E-state index in [4.69, 9.17) is 26.3 Å². The summed E-state index contributed by atoms with van der Waals surface area (Å²) in [5.41, 5.74) is 3.60. The number of anilines is 1. The van der Waals surface area contributed by atoms with Gasteiger partial charge < -0.3 is 9.64 Å². The first-order chi connectivity index (χ1) is 12.3. The van der Waals surface area contributed by atoms with Crippen molar-refractivity contribution in [2.75, 3.05) is 31.2 Å². The van der Waals surface area contributed by atoms with Crippen molar-refractivity contribution >= 4 is 40.6 Å². The maximum atomic E-state index is 6.26. The highest BCUT2D eigenvalue weighted by molar-refractivity contribution is 6.32. The second-order valence-electron chi connectivity index (χ2n) is 5.88. The molecule has 0 saturated carbocycles. The fourth-order valence-electron chi connectivity index (χ4n) is 2.90. The lowest BCUT2D eigenvalue weighted by atomic mass is 10.2.